The number of hydrogen-bond donors (Lipinski definition) is 0. The quantitative estimate of drug-likeness (QED) is 0.201. The molecule has 4 heteroatoms. The third-order valence-corrected chi connectivity index (χ3v) is 6.50. The third-order valence-electron chi connectivity index (χ3n) is 6.50. The van der Waals surface area contributed by atoms with Crippen molar-refractivity contribution in [2.75, 3.05) is 0 Å². The molecule has 0 unspecified atom stereocenters. The molecule has 0 spiro atoms. The van der Waals surface area contributed by atoms with Crippen molar-refractivity contribution in [2.24, 2.45) is 0 Å². The first-order valence-electron chi connectivity index (χ1n) is 12.9. The van der Waals surface area contributed by atoms with Crippen molar-refractivity contribution < 1.29 is 25.8 Å². The third kappa shape index (κ3) is 7.20. The summed E-state index contributed by atoms with van der Waals surface area (Å²) in [5.74, 6) is 1.28. The van der Waals surface area contributed by atoms with Crippen LogP contribution in [-0.2, 0) is 37.3 Å². The molecular formula is C34H38N2OPt. The zero-order chi connectivity index (χ0) is 27.0. The molecule has 4 aromatic rings. The maximum Gasteiger partial charge on any atom is 2.00 e. The van der Waals surface area contributed by atoms with Gasteiger partial charge in [-0.2, -0.15) is 0 Å². The van der Waals surface area contributed by atoms with Crippen LogP contribution >= 0.6 is 0 Å². The molecule has 2 aromatic heterocycles. The number of pyridine rings is 2. The van der Waals surface area contributed by atoms with E-state index in [-0.39, 0.29) is 37.3 Å². The SMILES string of the molecule is CC(C)(C)c1cc(Oc2[c-]c(-c3cc(C(C)(C)C)ccn3)ccc2)[c-]c(-c2cc(C(C)(C)C)ccn2)c1.[Pt+2]. The second-order valence-electron chi connectivity index (χ2n) is 12.8. The molecule has 4 rings (SSSR count). The summed E-state index contributed by atoms with van der Waals surface area (Å²) in [6.45, 7) is 19.9. The van der Waals surface area contributed by atoms with Crippen LogP contribution in [0.4, 0.5) is 0 Å². The molecular weight excluding hydrogens is 647 g/mol. The zero-order valence-corrected chi connectivity index (χ0v) is 26.2. The summed E-state index contributed by atoms with van der Waals surface area (Å²) in [5.41, 5.74) is 7.24. The van der Waals surface area contributed by atoms with Crippen molar-refractivity contribution in [3.63, 3.8) is 0 Å². The van der Waals surface area contributed by atoms with E-state index >= 15 is 0 Å². The molecule has 0 amide bonds. The number of ether oxygens (including phenoxy) is 1. The van der Waals surface area contributed by atoms with E-state index in [1.807, 2.05) is 30.6 Å². The van der Waals surface area contributed by atoms with E-state index in [0.29, 0.717) is 11.5 Å². The van der Waals surface area contributed by atoms with Gasteiger partial charge < -0.3 is 14.7 Å². The topological polar surface area (TPSA) is 35.0 Å². The summed E-state index contributed by atoms with van der Waals surface area (Å²) >= 11 is 0. The van der Waals surface area contributed by atoms with Gasteiger partial charge in [0.25, 0.3) is 0 Å². The van der Waals surface area contributed by atoms with Crippen LogP contribution in [0.15, 0.2) is 67.0 Å². The van der Waals surface area contributed by atoms with Gasteiger partial charge in [0.2, 0.25) is 0 Å². The van der Waals surface area contributed by atoms with E-state index in [4.69, 9.17) is 4.74 Å². The van der Waals surface area contributed by atoms with Crippen molar-refractivity contribution in [1.29, 1.82) is 0 Å². The monoisotopic (exact) mass is 685 g/mol. The summed E-state index contributed by atoms with van der Waals surface area (Å²) in [5, 5.41) is 0. The van der Waals surface area contributed by atoms with Gasteiger partial charge in [0, 0.05) is 23.9 Å². The van der Waals surface area contributed by atoms with Crippen LogP contribution in [-0.4, -0.2) is 9.97 Å². The standard InChI is InChI=1S/C34H38N2O.Pt/c1-32(2,3)25-13-15-35-30(21-25)23-11-10-12-28(18-23)37-29-19-24(17-27(20-29)34(7,8)9)31-22-26(14-16-36-31)33(4,5)6;/h10-17,20-22H,1-9H3;/q-2;+2. The molecule has 0 bridgehead atoms. The number of rotatable bonds is 4. The van der Waals surface area contributed by atoms with Gasteiger partial charge in [-0.25, -0.2) is 0 Å². The summed E-state index contributed by atoms with van der Waals surface area (Å²) in [4.78, 5) is 9.27. The predicted octanol–water partition coefficient (Wildman–Crippen LogP) is 9.09. The fraction of sp³-hybridized carbons (Fsp3) is 0.353. The Kier molecular flexibility index (Phi) is 8.74. The fourth-order valence-corrected chi connectivity index (χ4v) is 4.03. The Balaban J connectivity index is 0.00000400. The maximum absolute atomic E-state index is 6.37. The van der Waals surface area contributed by atoms with Crippen LogP contribution in [0.5, 0.6) is 11.5 Å². The van der Waals surface area contributed by atoms with Crippen LogP contribution in [0.25, 0.3) is 22.5 Å². The van der Waals surface area contributed by atoms with Gasteiger partial charge in [0.15, 0.2) is 0 Å². The van der Waals surface area contributed by atoms with E-state index < -0.39 is 0 Å². The fourth-order valence-electron chi connectivity index (χ4n) is 4.03. The van der Waals surface area contributed by atoms with Crippen LogP contribution in [0.2, 0.25) is 0 Å². The molecule has 200 valence electrons. The molecule has 2 aromatic carbocycles. The van der Waals surface area contributed by atoms with Gasteiger partial charge in [-0.05, 0) is 50.9 Å². The van der Waals surface area contributed by atoms with Gasteiger partial charge in [-0.3, -0.25) is 0 Å². The minimum atomic E-state index is -0.0630. The molecule has 0 N–H and O–H groups in total. The van der Waals surface area contributed by atoms with Crippen LogP contribution in [0, 0.1) is 12.1 Å². The first-order valence-corrected chi connectivity index (χ1v) is 12.9. The molecule has 0 aliphatic rings. The van der Waals surface area contributed by atoms with Crippen LogP contribution in [0.1, 0.15) is 79.0 Å². The normalized spacial score (nSPS) is 12.1. The van der Waals surface area contributed by atoms with Gasteiger partial charge in [0.05, 0.1) is 0 Å². The van der Waals surface area contributed by atoms with Gasteiger partial charge >= 0.3 is 21.1 Å². The zero-order valence-electron chi connectivity index (χ0n) is 24.0. The first-order chi connectivity index (χ1) is 17.2. The van der Waals surface area contributed by atoms with Crippen molar-refractivity contribution in [2.45, 2.75) is 78.6 Å². The number of hydrogen-bond acceptors (Lipinski definition) is 3. The Morgan fingerprint density at radius 1 is 0.553 bits per heavy atom. The van der Waals surface area contributed by atoms with Gasteiger partial charge in [0.1, 0.15) is 0 Å². The van der Waals surface area contributed by atoms with E-state index in [0.717, 1.165) is 28.1 Å². The molecule has 3 nitrogen and oxygen atoms in total. The average Bonchev–Trinajstić information content (AvgIpc) is 2.83. The van der Waals surface area contributed by atoms with Crippen molar-refractivity contribution >= 4 is 0 Å². The largest absolute Gasteiger partial charge is 2.00 e. The summed E-state index contributed by atoms with van der Waals surface area (Å²) in [6.07, 6.45) is 3.74. The minimum absolute atomic E-state index is 0. The Morgan fingerprint density at radius 3 is 1.58 bits per heavy atom. The van der Waals surface area contributed by atoms with E-state index in [2.05, 4.69) is 121 Å². The molecule has 0 aliphatic heterocycles. The Labute approximate surface area is 243 Å². The Morgan fingerprint density at radius 2 is 1.05 bits per heavy atom. The molecule has 0 saturated heterocycles. The average molecular weight is 686 g/mol. The van der Waals surface area contributed by atoms with E-state index in [9.17, 15) is 0 Å². The van der Waals surface area contributed by atoms with Crippen molar-refractivity contribution in [3.8, 4) is 34.0 Å². The molecule has 0 saturated carbocycles. The maximum atomic E-state index is 6.37. The van der Waals surface area contributed by atoms with Gasteiger partial charge in [-0.15, -0.1) is 41.0 Å². The van der Waals surface area contributed by atoms with Crippen molar-refractivity contribution in [3.05, 3.63) is 95.8 Å². The van der Waals surface area contributed by atoms with Gasteiger partial charge in [-0.1, -0.05) is 92.6 Å². The Bertz CT molecular complexity index is 1410. The van der Waals surface area contributed by atoms with Crippen LogP contribution in [0.3, 0.4) is 0 Å². The number of nitrogens with zero attached hydrogens (tertiary/aromatic N) is 2. The molecule has 0 radical (unpaired) electrons. The molecule has 38 heavy (non-hydrogen) atoms. The molecule has 2 heterocycles. The summed E-state index contributed by atoms with van der Waals surface area (Å²) in [7, 11) is 0. The first kappa shape index (κ1) is 29.8. The summed E-state index contributed by atoms with van der Waals surface area (Å²) in [6, 6.07) is 25.5. The smallest absolute Gasteiger partial charge is 0.497 e. The van der Waals surface area contributed by atoms with E-state index in [1.54, 1.807) is 0 Å². The van der Waals surface area contributed by atoms with Crippen LogP contribution < -0.4 is 4.74 Å². The van der Waals surface area contributed by atoms with Crippen molar-refractivity contribution in [1.82, 2.24) is 9.97 Å². The van der Waals surface area contributed by atoms with E-state index in [1.165, 1.54) is 11.1 Å². The Hall–Kier alpha value is -2.77. The summed E-state index contributed by atoms with van der Waals surface area (Å²) < 4.78 is 6.37. The predicted molar refractivity (Wildman–Crippen MR) is 153 cm³/mol. The number of aromatic nitrogens is 2. The minimum Gasteiger partial charge on any atom is -0.497 e. The molecule has 0 aliphatic carbocycles. The molecule has 0 atom stereocenters. The second-order valence-corrected chi connectivity index (χ2v) is 12.8. The molecule has 0 fully saturated rings. The second kappa shape index (κ2) is 11.1. The number of benzene rings is 2.